The van der Waals surface area contributed by atoms with Gasteiger partial charge in [0.1, 0.15) is 0 Å². The van der Waals surface area contributed by atoms with E-state index in [1.54, 1.807) is 0 Å². The van der Waals surface area contributed by atoms with Crippen LogP contribution in [0, 0.1) is 0 Å². The zero-order chi connectivity index (χ0) is 20.6. The molecule has 6 nitrogen and oxygen atoms in total. The van der Waals surface area contributed by atoms with Crippen molar-refractivity contribution in [3.63, 3.8) is 0 Å². The minimum atomic E-state index is 0.167. The van der Waals surface area contributed by atoms with E-state index < -0.39 is 0 Å². The Morgan fingerprint density at radius 1 is 1.10 bits per heavy atom. The normalized spacial score (nSPS) is 14.2. The molecule has 3 aromatic rings. The molecule has 0 radical (unpaired) electrons. The summed E-state index contributed by atoms with van der Waals surface area (Å²) in [5.41, 5.74) is 15.1. The fraction of sp³-hybridized carbons (Fsp3) is 0.174. The molecular weight excluding hydrogens is 362 g/mol. The zero-order valence-corrected chi connectivity index (χ0v) is 16.6. The molecule has 0 spiro atoms. The van der Waals surface area contributed by atoms with Gasteiger partial charge in [-0.2, -0.15) is 0 Å². The quantitative estimate of drug-likeness (QED) is 0.535. The molecule has 0 unspecified atom stereocenters. The number of hydrogen-bond donors (Lipinski definition) is 4. The van der Waals surface area contributed by atoms with Crippen LogP contribution in [-0.2, 0) is 18.0 Å². The van der Waals surface area contributed by atoms with Gasteiger partial charge in [-0.15, -0.1) is 0 Å². The summed E-state index contributed by atoms with van der Waals surface area (Å²) in [6.07, 6.45) is 2.12. The number of fused-ring (bicyclic) bond motifs is 1. The summed E-state index contributed by atoms with van der Waals surface area (Å²) in [6, 6.07) is 18.8. The Labute approximate surface area is 171 Å². The molecule has 0 atom stereocenters. The third kappa shape index (κ3) is 6.26. The summed E-state index contributed by atoms with van der Waals surface area (Å²) in [5, 5.41) is 4.47. The van der Waals surface area contributed by atoms with Crippen molar-refractivity contribution in [1.29, 1.82) is 0 Å². The molecule has 0 amide bonds. The molecule has 1 aliphatic rings. The molecule has 0 saturated heterocycles. The van der Waals surface area contributed by atoms with E-state index in [1.165, 1.54) is 16.5 Å². The van der Waals surface area contributed by atoms with Crippen molar-refractivity contribution in [3.05, 3.63) is 89.5 Å². The van der Waals surface area contributed by atoms with Gasteiger partial charge in [0.15, 0.2) is 0 Å². The number of rotatable bonds is 5. The van der Waals surface area contributed by atoms with Crippen LogP contribution in [0.2, 0.25) is 0 Å². The number of benzene rings is 2. The lowest BCUT2D eigenvalue weighted by atomic mass is 10.1. The standard InChI is InChI=1S/C21H21N3O.C2H6N2/c1-15-22-12-20(23-15)11-19-10-18-9-17(7-8-21(18)24-19)14-25-13-16-5-3-2-4-6-16;1-2(3)4/h2-11,24H,12-14H2,1H3,(H,22,23);1,3-4H2/b20-11-;. The number of ether oxygens (including phenoxy) is 1. The van der Waals surface area contributed by atoms with Crippen LogP contribution < -0.4 is 16.8 Å². The lowest BCUT2D eigenvalue weighted by Gasteiger charge is -2.04. The molecule has 1 aromatic heterocycles. The maximum absolute atomic E-state index is 5.83. The Bertz CT molecular complexity index is 1030. The summed E-state index contributed by atoms with van der Waals surface area (Å²) in [7, 11) is 0. The molecule has 4 rings (SSSR count). The van der Waals surface area contributed by atoms with Crippen LogP contribution in [0.25, 0.3) is 17.0 Å². The van der Waals surface area contributed by atoms with Crippen LogP contribution in [0.4, 0.5) is 0 Å². The molecule has 0 aliphatic carbocycles. The molecule has 1 aliphatic heterocycles. The number of amidine groups is 1. The predicted molar refractivity (Wildman–Crippen MR) is 120 cm³/mol. The zero-order valence-electron chi connectivity index (χ0n) is 16.6. The van der Waals surface area contributed by atoms with Gasteiger partial charge in [-0.05, 0) is 42.3 Å². The van der Waals surface area contributed by atoms with Crippen LogP contribution in [-0.4, -0.2) is 17.4 Å². The number of aromatic nitrogens is 1. The highest BCUT2D eigenvalue weighted by atomic mass is 16.5. The van der Waals surface area contributed by atoms with Crippen molar-refractivity contribution in [2.75, 3.05) is 6.54 Å². The predicted octanol–water partition coefficient (Wildman–Crippen LogP) is 3.62. The van der Waals surface area contributed by atoms with Crippen molar-refractivity contribution in [2.45, 2.75) is 20.1 Å². The van der Waals surface area contributed by atoms with Gasteiger partial charge < -0.3 is 26.5 Å². The lowest BCUT2D eigenvalue weighted by Crippen LogP contribution is -2.12. The van der Waals surface area contributed by atoms with Crippen molar-refractivity contribution in [3.8, 4) is 0 Å². The van der Waals surface area contributed by atoms with Gasteiger partial charge in [0.05, 0.1) is 31.4 Å². The highest BCUT2D eigenvalue weighted by molar-refractivity contribution is 5.87. The molecule has 2 heterocycles. The second kappa shape index (κ2) is 9.61. The minimum Gasteiger partial charge on any atom is -0.386 e. The summed E-state index contributed by atoms with van der Waals surface area (Å²) in [4.78, 5) is 7.79. The van der Waals surface area contributed by atoms with E-state index in [9.17, 15) is 0 Å². The highest BCUT2D eigenvalue weighted by Gasteiger charge is 2.07. The summed E-state index contributed by atoms with van der Waals surface area (Å²) >= 11 is 0. The Morgan fingerprint density at radius 2 is 1.83 bits per heavy atom. The van der Waals surface area contributed by atoms with E-state index in [4.69, 9.17) is 16.2 Å². The maximum atomic E-state index is 5.83. The average molecular weight is 390 g/mol. The third-order valence-corrected chi connectivity index (χ3v) is 4.24. The van der Waals surface area contributed by atoms with Gasteiger partial charge in [0.25, 0.3) is 0 Å². The smallest absolute Gasteiger partial charge is 0.0978 e. The Hall–Kier alpha value is -3.51. The summed E-state index contributed by atoms with van der Waals surface area (Å²) in [6.45, 7) is 7.06. The Morgan fingerprint density at radius 3 is 2.52 bits per heavy atom. The van der Waals surface area contributed by atoms with Crippen LogP contribution in [0.15, 0.2) is 77.7 Å². The monoisotopic (exact) mass is 389 g/mol. The van der Waals surface area contributed by atoms with Crippen molar-refractivity contribution < 1.29 is 4.74 Å². The molecule has 6 N–H and O–H groups in total. The van der Waals surface area contributed by atoms with Crippen molar-refractivity contribution in [2.24, 2.45) is 16.5 Å². The van der Waals surface area contributed by atoms with E-state index in [0.29, 0.717) is 13.2 Å². The average Bonchev–Trinajstić information content (AvgIpc) is 3.27. The van der Waals surface area contributed by atoms with Crippen molar-refractivity contribution >= 4 is 22.8 Å². The van der Waals surface area contributed by atoms with Crippen molar-refractivity contribution in [1.82, 2.24) is 10.3 Å². The maximum Gasteiger partial charge on any atom is 0.0978 e. The molecule has 150 valence electrons. The number of aliphatic imine (C=N–C) groups is 1. The van der Waals surface area contributed by atoms with Crippen LogP contribution in [0.3, 0.4) is 0 Å². The number of hydrogen-bond acceptors (Lipinski definition) is 5. The van der Waals surface area contributed by atoms with E-state index in [-0.39, 0.29) is 5.82 Å². The number of nitrogens with one attached hydrogen (secondary N) is 2. The largest absolute Gasteiger partial charge is 0.386 e. The minimum absolute atomic E-state index is 0.167. The fourth-order valence-corrected chi connectivity index (χ4v) is 3.02. The Kier molecular flexibility index (Phi) is 6.71. The van der Waals surface area contributed by atoms with E-state index in [1.807, 2.05) is 25.1 Å². The van der Waals surface area contributed by atoms with Crippen LogP contribution in [0.1, 0.15) is 23.7 Å². The van der Waals surface area contributed by atoms with Gasteiger partial charge >= 0.3 is 0 Å². The van der Waals surface area contributed by atoms with Gasteiger partial charge in [0.2, 0.25) is 0 Å². The first kappa shape index (κ1) is 20.2. The van der Waals surface area contributed by atoms with Gasteiger partial charge in [-0.3, -0.25) is 4.99 Å². The van der Waals surface area contributed by atoms with Gasteiger partial charge in [-0.25, -0.2) is 0 Å². The molecule has 0 bridgehead atoms. The molecule has 29 heavy (non-hydrogen) atoms. The molecular formula is C23H27N5O. The second-order valence-corrected chi connectivity index (χ2v) is 6.90. The number of aromatic amines is 1. The molecule has 0 saturated carbocycles. The van der Waals surface area contributed by atoms with Crippen LogP contribution in [0.5, 0.6) is 0 Å². The number of nitrogens with two attached hydrogens (primary N) is 2. The highest BCUT2D eigenvalue weighted by Crippen LogP contribution is 2.20. The molecule has 0 fully saturated rings. The fourth-order valence-electron chi connectivity index (χ4n) is 3.02. The number of H-pyrrole nitrogens is 1. The first-order valence-corrected chi connectivity index (χ1v) is 9.41. The number of nitrogens with zero attached hydrogens (tertiary/aromatic N) is 1. The molecule has 2 aromatic carbocycles. The van der Waals surface area contributed by atoms with Crippen LogP contribution >= 0.6 is 0 Å². The first-order valence-electron chi connectivity index (χ1n) is 9.41. The summed E-state index contributed by atoms with van der Waals surface area (Å²) < 4.78 is 5.83. The second-order valence-electron chi connectivity index (χ2n) is 6.90. The van der Waals surface area contributed by atoms with E-state index in [2.05, 4.69) is 64.3 Å². The first-order chi connectivity index (χ1) is 14.0. The Balaban J connectivity index is 0.000000552. The van der Waals surface area contributed by atoms with E-state index >= 15 is 0 Å². The molecule has 6 heteroatoms. The van der Waals surface area contributed by atoms with Gasteiger partial charge in [-0.1, -0.05) is 43.0 Å². The van der Waals surface area contributed by atoms with E-state index in [0.717, 1.165) is 29.3 Å². The lowest BCUT2D eigenvalue weighted by molar-refractivity contribution is 0.107. The SMILES string of the molecule is C=C(N)N.CC1=NC/C(=C/c2cc3cc(COCc4ccccc4)ccc3[nH]2)N1. The van der Waals surface area contributed by atoms with Gasteiger partial charge in [0, 0.05) is 22.3 Å². The summed E-state index contributed by atoms with van der Waals surface area (Å²) in [5.74, 6) is 1.14. The third-order valence-electron chi connectivity index (χ3n) is 4.24. The topological polar surface area (TPSA) is 101 Å².